The van der Waals surface area contributed by atoms with Crippen LogP contribution in [0.5, 0.6) is 17.2 Å². The SMILES string of the molecule is COc1c(O)ccc2c1-c1ccc3ccc(O)cc3c1CSS[C@H]1CC[C@H](C[C@@H]1O)[C@@H](O[C@H]1N[C@H](CCC3(O)CCCCC3)CC[C@H]3c4c1cc(CO)c(NCC(C)=O)c4CC[C@H]3CO)CC(=O)CC2. The second kappa shape index (κ2) is 22.5. The monoisotopic (exact) mass is 996 g/mol. The minimum absolute atomic E-state index is 0.0000688. The van der Waals surface area contributed by atoms with E-state index in [1.807, 2.05) is 30.3 Å². The van der Waals surface area contributed by atoms with Crippen LogP contribution in [-0.4, -0.2) is 91.6 Å². The fourth-order valence-corrected chi connectivity index (χ4v) is 15.6. The molecule has 4 aromatic rings. The summed E-state index contributed by atoms with van der Waals surface area (Å²) in [7, 11) is 4.86. The van der Waals surface area contributed by atoms with E-state index >= 15 is 0 Å². The lowest BCUT2D eigenvalue weighted by Crippen LogP contribution is -2.44. The van der Waals surface area contributed by atoms with Crippen molar-refractivity contribution >= 4 is 49.6 Å². The van der Waals surface area contributed by atoms with Gasteiger partial charge in [-0.25, -0.2) is 0 Å². The second-order valence-corrected chi connectivity index (χ2v) is 23.5. The summed E-state index contributed by atoms with van der Waals surface area (Å²) in [5, 5.41) is 76.6. The maximum atomic E-state index is 14.7. The zero-order valence-corrected chi connectivity index (χ0v) is 42.4. The molecule has 3 aliphatic carbocycles. The van der Waals surface area contributed by atoms with Gasteiger partial charge < -0.3 is 45.4 Å². The smallest absolute Gasteiger partial charge is 0.168 e. The number of aromatic hydroxyl groups is 2. The Bertz CT molecular complexity index is 2530. The Hall–Kier alpha value is -3.86. The van der Waals surface area contributed by atoms with Gasteiger partial charge in [0.15, 0.2) is 11.5 Å². The van der Waals surface area contributed by atoms with Crippen LogP contribution in [0.25, 0.3) is 21.9 Å². The molecule has 14 heteroatoms. The normalized spacial score (nSPS) is 27.1. The van der Waals surface area contributed by atoms with Crippen LogP contribution in [0, 0.1) is 11.8 Å². The number of phenolic OH excluding ortho intramolecular Hbond substituents is 2. The molecule has 2 saturated carbocycles. The van der Waals surface area contributed by atoms with E-state index in [1.54, 1.807) is 46.7 Å². The number of ketones is 2. The number of hydrogen-bond acceptors (Lipinski definition) is 14. The van der Waals surface area contributed by atoms with Crippen molar-refractivity contribution in [1.29, 1.82) is 0 Å². The van der Waals surface area contributed by atoms with Gasteiger partial charge in [-0.05, 0) is 170 Å². The first kappa shape index (κ1) is 51.1. The van der Waals surface area contributed by atoms with Crippen LogP contribution < -0.4 is 15.4 Å². The van der Waals surface area contributed by atoms with Crippen LogP contribution in [-0.2, 0) is 39.5 Å². The predicted octanol–water partition coefficient (Wildman–Crippen LogP) is 9.69. The predicted molar refractivity (Wildman–Crippen MR) is 277 cm³/mol. The highest BCUT2D eigenvalue weighted by molar-refractivity contribution is 8.76. The lowest BCUT2D eigenvalue weighted by Gasteiger charge is -2.43. The Labute approximate surface area is 420 Å². The van der Waals surface area contributed by atoms with Crippen LogP contribution in [0.1, 0.15) is 149 Å². The van der Waals surface area contributed by atoms with Crippen LogP contribution in [0.15, 0.2) is 48.5 Å². The van der Waals surface area contributed by atoms with Crippen LogP contribution in [0.4, 0.5) is 5.69 Å². The molecule has 0 saturated heterocycles. The third kappa shape index (κ3) is 11.0. The first-order valence-electron chi connectivity index (χ1n) is 25.8. The number of phenols is 2. The number of benzene rings is 4. The highest BCUT2D eigenvalue weighted by atomic mass is 33.1. The summed E-state index contributed by atoms with van der Waals surface area (Å²) in [6.45, 7) is 1.42. The van der Waals surface area contributed by atoms with E-state index in [-0.39, 0.29) is 84.7 Å². The standard InChI is InChI=1S/C56H72N2O10S2/c1-32(61)28-57-53-37(30-60)24-45-52-41(36(29-59)9-16-43(52)53)17-12-38(20-23-56(66)21-4-3-5-22-56)58-55(45)68-49-27-40(63)14-7-34-10-18-47(64)54(67-2)51(34)42-15-8-33-6-13-39(62)26-44(33)46(42)31-69-70-50-19-11-35(49)25-48(50)65/h6,8,10,13,15,18,24,26,35-36,38,41,48-50,55,57-60,62,64-66H,3-5,7,9,11-12,14,16-17,19-23,25,27-31H2,1-2H3/t35-,36+,38+,41-,48+,49+,50+,55-/m1/s1. The second-order valence-electron chi connectivity index (χ2n) is 20.9. The summed E-state index contributed by atoms with van der Waals surface area (Å²) in [4.78, 5) is 27.1. The van der Waals surface area contributed by atoms with Gasteiger partial charge in [0.25, 0.3) is 0 Å². The first-order valence-corrected chi connectivity index (χ1v) is 28.1. The average Bonchev–Trinajstić information content (AvgIpc) is 3.34. The molecule has 8 atom stereocenters. The first-order chi connectivity index (χ1) is 33.9. The number of ether oxygens (including phenoxy) is 2. The molecule has 0 aromatic heterocycles. The summed E-state index contributed by atoms with van der Waals surface area (Å²) in [6, 6.07) is 14.8. The van der Waals surface area contributed by atoms with Crippen molar-refractivity contribution in [2.45, 2.75) is 170 Å². The third-order valence-electron chi connectivity index (χ3n) is 16.4. The van der Waals surface area contributed by atoms with Gasteiger partial charge in [0.1, 0.15) is 23.5 Å². The van der Waals surface area contributed by atoms with Gasteiger partial charge in [0.2, 0.25) is 0 Å². The zero-order valence-electron chi connectivity index (χ0n) is 40.7. The topological polar surface area (TPSA) is 198 Å². The number of fused-ring (bicyclic) bond motifs is 9. The Morgan fingerprint density at radius 3 is 2.51 bits per heavy atom. The van der Waals surface area contributed by atoms with E-state index < -0.39 is 24.0 Å². The van der Waals surface area contributed by atoms with Gasteiger partial charge in [0, 0.05) is 53.3 Å². The molecule has 0 spiro atoms. The fourth-order valence-electron chi connectivity index (χ4n) is 12.7. The van der Waals surface area contributed by atoms with E-state index in [0.29, 0.717) is 54.7 Å². The summed E-state index contributed by atoms with van der Waals surface area (Å²) in [5.74, 6) is 0.812. The number of hydrogen-bond donors (Lipinski definition) is 8. The number of anilines is 1. The lowest BCUT2D eigenvalue weighted by molar-refractivity contribution is -0.129. The largest absolute Gasteiger partial charge is 0.508 e. The van der Waals surface area contributed by atoms with Crippen molar-refractivity contribution in [3.63, 3.8) is 0 Å². The quantitative estimate of drug-likeness (QED) is 0.0661. The molecular formula is C56H72N2O10S2. The molecule has 0 amide bonds. The molecule has 378 valence electrons. The van der Waals surface area contributed by atoms with E-state index in [2.05, 4.69) is 10.6 Å². The number of Topliss-reactive ketones (excluding diaryl/α,β-unsaturated/α-hetero) is 2. The Morgan fingerprint density at radius 2 is 1.76 bits per heavy atom. The van der Waals surface area contributed by atoms with Crippen molar-refractivity contribution in [2.75, 3.05) is 25.6 Å². The molecule has 8 N–H and O–H groups in total. The highest BCUT2D eigenvalue weighted by Gasteiger charge is 2.42. The number of carbonyl (C=O) groups is 2. The molecule has 4 aromatic carbocycles. The molecule has 0 unspecified atom stereocenters. The minimum Gasteiger partial charge on any atom is -0.508 e. The molecular weight excluding hydrogens is 925 g/mol. The van der Waals surface area contributed by atoms with Crippen molar-refractivity contribution in [3.8, 4) is 28.4 Å². The molecule has 3 aliphatic heterocycles. The van der Waals surface area contributed by atoms with Crippen molar-refractivity contribution in [1.82, 2.24) is 5.32 Å². The van der Waals surface area contributed by atoms with Gasteiger partial charge in [-0.1, -0.05) is 65.1 Å². The third-order valence-corrected chi connectivity index (χ3v) is 19.2. The average molecular weight is 997 g/mol. The molecule has 2 bridgehead atoms. The molecule has 2 fully saturated rings. The number of aryl methyl sites for hydroxylation is 1. The Kier molecular flexibility index (Phi) is 16.4. The number of aliphatic hydroxyl groups is 4. The van der Waals surface area contributed by atoms with E-state index in [4.69, 9.17) is 9.47 Å². The number of methoxy groups -OCH3 is 1. The fraction of sp³-hybridized carbons (Fsp3) is 0.571. The number of aliphatic hydroxyl groups excluding tert-OH is 3. The summed E-state index contributed by atoms with van der Waals surface area (Å²) in [5.41, 5.74) is 7.04. The van der Waals surface area contributed by atoms with Gasteiger partial charge >= 0.3 is 0 Å². The van der Waals surface area contributed by atoms with Gasteiger partial charge in [-0.2, -0.15) is 0 Å². The summed E-state index contributed by atoms with van der Waals surface area (Å²) < 4.78 is 13.4. The molecule has 12 nitrogen and oxygen atoms in total. The summed E-state index contributed by atoms with van der Waals surface area (Å²) in [6.07, 6.45) is 9.73. The van der Waals surface area contributed by atoms with Crippen LogP contribution in [0.3, 0.4) is 0 Å². The molecule has 6 aliphatic rings. The minimum atomic E-state index is -0.718. The lowest BCUT2D eigenvalue weighted by atomic mass is 9.69. The summed E-state index contributed by atoms with van der Waals surface area (Å²) >= 11 is 0. The maximum Gasteiger partial charge on any atom is 0.168 e. The van der Waals surface area contributed by atoms with E-state index in [9.17, 15) is 40.2 Å². The molecule has 0 radical (unpaired) electrons. The highest BCUT2D eigenvalue weighted by Crippen LogP contribution is 2.51. The Morgan fingerprint density at radius 1 is 0.943 bits per heavy atom. The van der Waals surface area contributed by atoms with Crippen molar-refractivity contribution in [3.05, 3.63) is 81.9 Å². The molecule has 70 heavy (non-hydrogen) atoms. The van der Waals surface area contributed by atoms with Gasteiger partial charge in [0.05, 0.1) is 38.1 Å². The van der Waals surface area contributed by atoms with E-state index in [0.717, 1.165) is 114 Å². The number of carbonyl (C=O) groups excluding carboxylic acids is 2. The van der Waals surface area contributed by atoms with Crippen LogP contribution >= 0.6 is 21.6 Å². The molecule has 3 heterocycles. The van der Waals surface area contributed by atoms with Gasteiger partial charge in [-0.3, -0.25) is 14.9 Å². The van der Waals surface area contributed by atoms with Crippen molar-refractivity contribution < 1.29 is 49.7 Å². The van der Waals surface area contributed by atoms with Crippen molar-refractivity contribution in [2.24, 2.45) is 11.8 Å². The number of nitrogens with one attached hydrogen (secondary N) is 2. The number of rotatable bonds is 11. The van der Waals surface area contributed by atoms with Gasteiger partial charge in [-0.15, -0.1) is 0 Å². The van der Waals surface area contributed by atoms with E-state index in [1.165, 1.54) is 7.11 Å². The maximum absolute atomic E-state index is 14.7. The Balaban J connectivity index is 1.11. The zero-order chi connectivity index (χ0) is 49.1. The molecule has 10 rings (SSSR count). The van der Waals surface area contributed by atoms with Crippen LogP contribution in [0.2, 0.25) is 0 Å².